The van der Waals surface area contributed by atoms with E-state index in [0.717, 1.165) is 15.9 Å². The van der Waals surface area contributed by atoms with Gasteiger partial charge < -0.3 is 11.1 Å². The SMILES string of the molecule is Nc1c(NCCc2ccccc2F)ccc2scnc12. The first-order chi connectivity index (χ1) is 9.75. The molecule has 0 bridgehead atoms. The summed E-state index contributed by atoms with van der Waals surface area (Å²) in [5.41, 5.74) is 10.9. The van der Waals surface area contributed by atoms with E-state index in [9.17, 15) is 4.39 Å². The number of nitrogens with zero attached hydrogens (tertiary/aromatic N) is 1. The maximum absolute atomic E-state index is 13.5. The van der Waals surface area contributed by atoms with Crippen LogP contribution < -0.4 is 11.1 Å². The fourth-order valence-electron chi connectivity index (χ4n) is 2.14. The van der Waals surface area contributed by atoms with E-state index in [1.54, 1.807) is 29.0 Å². The van der Waals surface area contributed by atoms with Crippen LogP contribution in [0.3, 0.4) is 0 Å². The molecule has 0 spiro atoms. The lowest BCUT2D eigenvalue weighted by Crippen LogP contribution is -2.08. The van der Waals surface area contributed by atoms with Gasteiger partial charge in [-0.3, -0.25) is 0 Å². The number of nitrogen functional groups attached to an aromatic ring is 1. The summed E-state index contributed by atoms with van der Waals surface area (Å²) < 4.78 is 14.6. The molecule has 3 rings (SSSR count). The second-order valence-electron chi connectivity index (χ2n) is 4.49. The smallest absolute Gasteiger partial charge is 0.126 e. The van der Waals surface area contributed by atoms with Crippen LogP contribution in [0.25, 0.3) is 10.2 Å². The number of aromatic nitrogens is 1. The highest BCUT2D eigenvalue weighted by molar-refractivity contribution is 7.16. The third kappa shape index (κ3) is 2.44. The Morgan fingerprint density at radius 2 is 2.05 bits per heavy atom. The number of nitrogens with two attached hydrogens (primary N) is 1. The van der Waals surface area contributed by atoms with E-state index in [1.165, 1.54) is 6.07 Å². The Morgan fingerprint density at radius 1 is 1.20 bits per heavy atom. The maximum atomic E-state index is 13.5. The van der Waals surface area contributed by atoms with Gasteiger partial charge in [0.15, 0.2) is 0 Å². The van der Waals surface area contributed by atoms with Crippen LogP contribution in [0, 0.1) is 5.82 Å². The number of rotatable bonds is 4. The molecule has 102 valence electrons. The Kier molecular flexibility index (Phi) is 3.52. The quantitative estimate of drug-likeness (QED) is 0.720. The number of nitrogens with one attached hydrogen (secondary N) is 1. The van der Waals surface area contributed by atoms with Crippen molar-refractivity contribution in [3.8, 4) is 0 Å². The van der Waals surface area contributed by atoms with Crippen molar-refractivity contribution >= 4 is 32.9 Å². The largest absolute Gasteiger partial charge is 0.395 e. The van der Waals surface area contributed by atoms with Crippen LogP contribution in [-0.2, 0) is 6.42 Å². The summed E-state index contributed by atoms with van der Waals surface area (Å²) in [6.45, 7) is 0.626. The maximum Gasteiger partial charge on any atom is 0.126 e. The summed E-state index contributed by atoms with van der Waals surface area (Å²) in [4.78, 5) is 4.25. The number of hydrogen-bond donors (Lipinski definition) is 2. The zero-order chi connectivity index (χ0) is 13.9. The monoisotopic (exact) mass is 287 g/mol. The van der Waals surface area contributed by atoms with Gasteiger partial charge in [-0.05, 0) is 30.2 Å². The lowest BCUT2D eigenvalue weighted by atomic mass is 10.1. The zero-order valence-electron chi connectivity index (χ0n) is 10.8. The van der Waals surface area contributed by atoms with Gasteiger partial charge in [-0.25, -0.2) is 9.37 Å². The van der Waals surface area contributed by atoms with E-state index < -0.39 is 0 Å². The molecule has 1 aromatic heterocycles. The summed E-state index contributed by atoms with van der Waals surface area (Å²) in [6.07, 6.45) is 0.612. The molecule has 3 nitrogen and oxygen atoms in total. The van der Waals surface area contributed by atoms with Crippen molar-refractivity contribution in [1.82, 2.24) is 4.98 Å². The van der Waals surface area contributed by atoms with Crippen molar-refractivity contribution in [2.24, 2.45) is 0 Å². The second-order valence-corrected chi connectivity index (χ2v) is 5.38. The highest BCUT2D eigenvalue weighted by Crippen LogP contribution is 2.29. The van der Waals surface area contributed by atoms with Gasteiger partial charge in [0.2, 0.25) is 0 Å². The molecular weight excluding hydrogens is 273 g/mol. The molecule has 3 aromatic rings. The Bertz CT molecular complexity index is 739. The average molecular weight is 287 g/mol. The standard InChI is InChI=1S/C15H14FN3S/c16-11-4-2-1-3-10(11)7-8-18-12-5-6-13-15(14(12)17)19-9-20-13/h1-6,9,18H,7-8,17H2. The van der Waals surface area contributed by atoms with E-state index in [4.69, 9.17) is 5.73 Å². The van der Waals surface area contributed by atoms with Gasteiger partial charge in [-0.15, -0.1) is 11.3 Å². The summed E-state index contributed by atoms with van der Waals surface area (Å²) >= 11 is 1.56. The lowest BCUT2D eigenvalue weighted by Gasteiger charge is -2.10. The van der Waals surface area contributed by atoms with E-state index in [-0.39, 0.29) is 5.82 Å². The lowest BCUT2D eigenvalue weighted by molar-refractivity contribution is 0.610. The summed E-state index contributed by atoms with van der Waals surface area (Å²) in [7, 11) is 0. The molecule has 0 aliphatic heterocycles. The van der Waals surface area contributed by atoms with Gasteiger partial charge in [0.25, 0.3) is 0 Å². The predicted octanol–water partition coefficient (Wildman–Crippen LogP) is 3.67. The molecule has 5 heteroatoms. The molecule has 0 radical (unpaired) electrons. The summed E-state index contributed by atoms with van der Waals surface area (Å²) in [5, 5.41) is 3.24. The average Bonchev–Trinajstić information content (AvgIpc) is 2.93. The minimum atomic E-state index is -0.169. The molecule has 0 aliphatic carbocycles. The van der Waals surface area contributed by atoms with Crippen molar-refractivity contribution in [2.75, 3.05) is 17.6 Å². The third-order valence-electron chi connectivity index (χ3n) is 3.21. The number of halogens is 1. The molecule has 2 aromatic carbocycles. The number of thiazole rings is 1. The molecule has 0 saturated heterocycles. The Balaban J connectivity index is 1.71. The summed E-state index contributed by atoms with van der Waals surface area (Å²) in [5.74, 6) is -0.169. The first-order valence-corrected chi connectivity index (χ1v) is 7.22. The van der Waals surface area contributed by atoms with Crippen LogP contribution in [0.5, 0.6) is 0 Å². The number of hydrogen-bond acceptors (Lipinski definition) is 4. The molecule has 0 fully saturated rings. The van der Waals surface area contributed by atoms with Gasteiger partial charge >= 0.3 is 0 Å². The van der Waals surface area contributed by atoms with E-state index in [2.05, 4.69) is 10.3 Å². The highest BCUT2D eigenvalue weighted by atomic mass is 32.1. The highest BCUT2D eigenvalue weighted by Gasteiger charge is 2.07. The minimum Gasteiger partial charge on any atom is -0.395 e. The number of anilines is 2. The fraction of sp³-hybridized carbons (Fsp3) is 0.133. The van der Waals surface area contributed by atoms with E-state index >= 15 is 0 Å². The van der Waals surface area contributed by atoms with Crippen molar-refractivity contribution < 1.29 is 4.39 Å². The molecule has 1 heterocycles. The number of fused-ring (bicyclic) bond motifs is 1. The second kappa shape index (κ2) is 5.46. The minimum absolute atomic E-state index is 0.169. The van der Waals surface area contributed by atoms with Crippen molar-refractivity contribution in [3.63, 3.8) is 0 Å². The van der Waals surface area contributed by atoms with Gasteiger partial charge in [-0.1, -0.05) is 18.2 Å². The molecule has 3 N–H and O–H groups in total. The van der Waals surface area contributed by atoms with Crippen LogP contribution in [0.1, 0.15) is 5.56 Å². The van der Waals surface area contributed by atoms with Crippen LogP contribution in [0.4, 0.5) is 15.8 Å². The van der Waals surface area contributed by atoms with Crippen molar-refractivity contribution in [3.05, 3.63) is 53.3 Å². The van der Waals surface area contributed by atoms with Crippen molar-refractivity contribution in [2.45, 2.75) is 6.42 Å². The number of benzene rings is 2. The van der Waals surface area contributed by atoms with Gasteiger partial charge in [0, 0.05) is 6.54 Å². The van der Waals surface area contributed by atoms with Crippen molar-refractivity contribution in [1.29, 1.82) is 0 Å². The van der Waals surface area contributed by atoms with Crippen LogP contribution in [0.15, 0.2) is 41.9 Å². The molecular formula is C15H14FN3S. The molecule has 0 saturated carbocycles. The van der Waals surface area contributed by atoms with Crippen LogP contribution >= 0.6 is 11.3 Å². The first kappa shape index (κ1) is 12.9. The Labute approximate surface area is 120 Å². The summed E-state index contributed by atoms with van der Waals surface area (Å²) in [6, 6.07) is 10.7. The first-order valence-electron chi connectivity index (χ1n) is 6.34. The van der Waals surface area contributed by atoms with Crippen LogP contribution in [-0.4, -0.2) is 11.5 Å². The predicted molar refractivity (Wildman–Crippen MR) is 82.6 cm³/mol. The fourth-order valence-corrected chi connectivity index (χ4v) is 2.83. The Morgan fingerprint density at radius 3 is 2.90 bits per heavy atom. The molecule has 20 heavy (non-hydrogen) atoms. The topological polar surface area (TPSA) is 50.9 Å². The van der Waals surface area contributed by atoms with Crippen LogP contribution in [0.2, 0.25) is 0 Å². The molecule has 0 aliphatic rings. The van der Waals surface area contributed by atoms with Gasteiger partial charge in [0.1, 0.15) is 11.3 Å². The molecule has 0 amide bonds. The normalized spacial score (nSPS) is 10.8. The Hall–Kier alpha value is -2.14. The van der Waals surface area contributed by atoms with E-state index in [0.29, 0.717) is 24.2 Å². The molecule has 0 unspecified atom stereocenters. The van der Waals surface area contributed by atoms with E-state index in [1.807, 2.05) is 18.2 Å². The zero-order valence-corrected chi connectivity index (χ0v) is 11.6. The third-order valence-corrected chi connectivity index (χ3v) is 4.00. The van der Waals surface area contributed by atoms with Gasteiger partial charge in [0.05, 0.1) is 21.6 Å². The van der Waals surface area contributed by atoms with Gasteiger partial charge in [-0.2, -0.15) is 0 Å². The molecule has 0 atom stereocenters.